The van der Waals surface area contributed by atoms with E-state index in [2.05, 4.69) is 6.92 Å². The van der Waals surface area contributed by atoms with Gasteiger partial charge in [-0.05, 0) is 30.5 Å². The van der Waals surface area contributed by atoms with Crippen molar-refractivity contribution in [1.82, 2.24) is 4.90 Å². The quantitative estimate of drug-likeness (QED) is 0.769. The van der Waals surface area contributed by atoms with Gasteiger partial charge in [0.1, 0.15) is 0 Å². The van der Waals surface area contributed by atoms with Crippen molar-refractivity contribution in [2.45, 2.75) is 39.7 Å². The molecule has 3 nitrogen and oxygen atoms in total. The molecule has 94 valence electrons. The van der Waals surface area contributed by atoms with Gasteiger partial charge in [-0.25, -0.2) is 0 Å². The average Bonchev–Trinajstić information content (AvgIpc) is 2.29. The summed E-state index contributed by atoms with van der Waals surface area (Å²) in [7, 11) is 0. The number of anilines is 1. The maximum absolute atomic E-state index is 11.9. The summed E-state index contributed by atoms with van der Waals surface area (Å²) in [4.78, 5) is 13.8. The molecule has 3 heteroatoms. The molecule has 0 saturated heterocycles. The third-order valence-electron chi connectivity index (χ3n) is 2.63. The third kappa shape index (κ3) is 4.47. The van der Waals surface area contributed by atoms with Crippen LogP contribution >= 0.6 is 0 Å². The van der Waals surface area contributed by atoms with Gasteiger partial charge in [0.2, 0.25) is 5.91 Å². The zero-order valence-corrected chi connectivity index (χ0v) is 10.8. The lowest BCUT2D eigenvalue weighted by Crippen LogP contribution is -2.30. The van der Waals surface area contributed by atoms with E-state index in [0.717, 1.165) is 30.6 Å². The molecule has 0 fully saturated rings. The molecule has 0 heterocycles. The molecule has 1 rings (SSSR count). The fourth-order valence-corrected chi connectivity index (χ4v) is 1.85. The molecule has 0 atom stereocenters. The van der Waals surface area contributed by atoms with E-state index in [1.165, 1.54) is 0 Å². The monoisotopic (exact) mass is 234 g/mol. The highest BCUT2D eigenvalue weighted by Gasteiger charge is 2.11. The SMILES string of the molecule is CCCC(=O)N(CCC)Cc1cccc(N)c1. The van der Waals surface area contributed by atoms with Crippen molar-refractivity contribution in [2.24, 2.45) is 0 Å². The number of benzene rings is 1. The number of rotatable bonds is 6. The van der Waals surface area contributed by atoms with E-state index in [0.29, 0.717) is 13.0 Å². The lowest BCUT2D eigenvalue weighted by Gasteiger charge is -2.22. The predicted molar refractivity (Wildman–Crippen MR) is 71.5 cm³/mol. The predicted octanol–water partition coefficient (Wildman–Crippen LogP) is 2.81. The molecule has 0 spiro atoms. The summed E-state index contributed by atoms with van der Waals surface area (Å²) in [5.41, 5.74) is 7.59. The molecule has 1 aromatic rings. The molecule has 0 aliphatic rings. The molecule has 1 aromatic carbocycles. The summed E-state index contributed by atoms with van der Waals surface area (Å²) in [6, 6.07) is 7.74. The largest absolute Gasteiger partial charge is 0.399 e. The van der Waals surface area contributed by atoms with Gasteiger partial charge in [0.15, 0.2) is 0 Å². The van der Waals surface area contributed by atoms with Crippen molar-refractivity contribution in [3.05, 3.63) is 29.8 Å². The number of amides is 1. The highest BCUT2D eigenvalue weighted by atomic mass is 16.2. The van der Waals surface area contributed by atoms with Crippen molar-refractivity contribution < 1.29 is 4.79 Å². The summed E-state index contributed by atoms with van der Waals surface area (Å²) in [5.74, 6) is 0.233. The smallest absolute Gasteiger partial charge is 0.222 e. The second-order valence-corrected chi connectivity index (χ2v) is 4.31. The molecule has 0 aliphatic carbocycles. The van der Waals surface area contributed by atoms with Crippen LogP contribution in [0.5, 0.6) is 0 Å². The molecule has 1 amide bonds. The first kappa shape index (κ1) is 13.6. The summed E-state index contributed by atoms with van der Waals surface area (Å²) in [6.45, 7) is 5.60. The summed E-state index contributed by atoms with van der Waals surface area (Å²) in [5, 5.41) is 0. The Labute approximate surface area is 104 Å². The van der Waals surface area contributed by atoms with E-state index in [4.69, 9.17) is 5.73 Å². The van der Waals surface area contributed by atoms with Crippen LogP contribution in [0.1, 0.15) is 38.7 Å². The van der Waals surface area contributed by atoms with Gasteiger partial charge in [0.05, 0.1) is 0 Å². The molecule has 0 aromatic heterocycles. The van der Waals surface area contributed by atoms with E-state index in [1.807, 2.05) is 36.1 Å². The maximum atomic E-state index is 11.9. The molecule has 0 aliphatic heterocycles. The summed E-state index contributed by atoms with van der Waals surface area (Å²) >= 11 is 0. The van der Waals surface area contributed by atoms with Crippen molar-refractivity contribution >= 4 is 11.6 Å². The minimum absolute atomic E-state index is 0.233. The number of carbonyl (C=O) groups excluding carboxylic acids is 1. The Morgan fingerprint density at radius 3 is 2.65 bits per heavy atom. The Balaban J connectivity index is 2.69. The number of nitrogen functional groups attached to an aromatic ring is 1. The van der Waals surface area contributed by atoms with E-state index in [1.54, 1.807) is 0 Å². The first-order chi connectivity index (χ1) is 8.17. The minimum Gasteiger partial charge on any atom is -0.399 e. The first-order valence-electron chi connectivity index (χ1n) is 6.29. The number of hydrogen-bond acceptors (Lipinski definition) is 2. The number of nitrogens with two attached hydrogens (primary N) is 1. The molecule has 0 saturated carbocycles. The maximum Gasteiger partial charge on any atom is 0.222 e. The normalized spacial score (nSPS) is 10.2. The van der Waals surface area contributed by atoms with Crippen LogP contribution < -0.4 is 5.73 Å². The zero-order valence-electron chi connectivity index (χ0n) is 10.8. The van der Waals surface area contributed by atoms with Gasteiger partial charge in [-0.15, -0.1) is 0 Å². The van der Waals surface area contributed by atoms with Crippen LogP contribution in [0.25, 0.3) is 0 Å². The van der Waals surface area contributed by atoms with Crippen LogP contribution in [0.2, 0.25) is 0 Å². The Hall–Kier alpha value is -1.51. The highest BCUT2D eigenvalue weighted by molar-refractivity contribution is 5.76. The third-order valence-corrected chi connectivity index (χ3v) is 2.63. The lowest BCUT2D eigenvalue weighted by atomic mass is 10.1. The summed E-state index contributed by atoms with van der Waals surface area (Å²) < 4.78 is 0. The number of nitrogens with zero attached hydrogens (tertiary/aromatic N) is 1. The van der Waals surface area contributed by atoms with Crippen LogP contribution in [0.15, 0.2) is 24.3 Å². The zero-order chi connectivity index (χ0) is 12.7. The van der Waals surface area contributed by atoms with Gasteiger partial charge in [-0.2, -0.15) is 0 Å². The number of hydrogen-bond donors (Lipinski definition) is 1. The lowest BCUT2D eigenvalue weighted by molar-refractivity contribution is -0.131. The fraction of sp³-hybridized carbons (Fsp3) is 0.500. The first-order valence-corrected chi connectivity index (χ1v) is 6.29. The molecule has 0 unspecified atom stereocenters. The molecular weight excluding hydrogens is 212 g/mol. The van der Waals surface area contributed by atoms with Gasteiger partial charge >= 0.3 is 0 Å². The second-order valence-electron chi connectivity index (χ2n) is 4.31. The van der Waals surface area contributed by atoms with Crippen molar-refractivity contribution in [3.63, 3.8) is 0 Å². The molecule has 0 bridgehead atoms. The van der Waals surface area contributed by atoms with Crippen LogP contribution in [0.4, 0.5) is 5.69 Å². The van der Waals surface area contributed by atoms with Gasteiger partial charge in [0, 0.05) is 25.2 Å². The Morgan fingerprint density at radius 1 is 1.29 bits per heavy atom. The van der Waals surface area contributed by atoms with Crippen LogP contribution in [-0.4, -0.2) is 17.4 Å². The van der Waals surface area contributed by atoms with Crippen LogP contribution in [0, 0.1) is 0 Å². The Kier molecular flexibility index (Phi) is 5.53. The van der Waals surface area contributed by atoms with E-state index < -0.39 is 0 Å². The molecule has 17 heavy (non-hydrogen) atoms. The standard InChI is InChI=1S/C14H22N2O/c1-3-6-14(17)16(9-4-2)11-12-7-5-8-13(15)10-12/h5,7-8,10H,3-4,6,9,11,15H2,1-2H3. The summed E-state index contributed by atoms with van der Waals surface area (Å²) in [6.07, 6.45) is 2.51. The molecular formula is C14H22N2O. The minimum atomic E-state index is 0.233. The number of carbonyl (C=O) groups is 1. The Bertz CT molecular complexity index is 363. The average molecular weight is 234 g/mol. The van der Waals surface area contributed by atoms with Gasteiger partial charge < -0.3 is 10.6 Å². The van der Waals surface area contributed by atoms with E-state index in [-0.39, 0.29) is 5.91 Å². The van der Waals surface area contributed by atoms with Crippen molar-refractivity contribution in [3.8, 4) is 0 Å². The topological polar surface area (TPSA) is 46.3 Å². The second kappa shape index (κ2) is 6.94. The van der Waals surface area contributed by atoms with Gasteiger partial charge in [0.25, 0.3) is 0 Å². The van der Waals surface area contributed by atoms with Gasteiger partial charge in [-0.3, -0.25) is 4.79 Å². The van der Waals surface area contributed by atoms with E-state index >= 15 is 0 Å². The molecule has 0 radical (unpaired) electrons. The van der Waals surface area contributed by atoms with Crippen molar-refractivity contribution in [2.75, 3.05) is 12.3 Å². The van der Waals surface area contributed by atoms with Gasteiger partial charge in [-0.1, -0.05) is 26.0 Å². The van der Waals surface area contributed by atoms with Crippen LogP contribution in [-0.2, 0) is 11.3 Å². The highest BCUT2D eigenvalue weighted by Crippen LogP contribution is 2.11. The molecule has 2 N–H and O–H groups in total. The van der Waals surface area contributed by atoms with E-state index in [9.17, 15) is 4.79 Å². The van der Waals surface area contributed by atoms with Crippen LogP contribution in [0.3, 0.4) is 0 Å². The Morgan fingerprint density at radius 2 is 2.06 bits per heavy atom. The van der Waals surface area contributed by atoms with Crippen molar-refractivity contribution in [1.29, 1.82) is 0 Å². The fourth-order valence-electron chi connectivity index (χ4n) is 1.85.